The Morgan fingerprint density at radius 2 is 0.824 bits per heavy atom. The molecule has 2 N–H and O–H groups in total. The van der Waals surface area contributed by atoms with E-state index < -0.39 is 7.60 Å². The van der Waals surface area contributed by atoms with E-state index in [9.17, 15) is 19.1 Å². The number of carbonyl (C=O) groups is 1. The zero-order valence-corrected chi connectivity index (χ0v) is 29.6. The van der Waals surface area contributed by atoms with E-state index in [1.165, 1.54) is 37.6 Å². The number of hydrogen-bond donors (Lipinski definition) is 2. The Hall–Kier alpha value is -5.30. The summed E-state index contributed by atoms with van der Waals surface area (Å²) in [6.45, 7) is 1.45. The third-order valence-corrected chi connectivity index (χ3v) is 10.8. The van der Waals surface area contributed by atoms with E-state index in [0.29, 0.717) is 18.5 Å². The number of nitrogens with zero attached hydrogens (tertiary/aromatic N) is 2. The lowest BCUT2D eigenvalue weighted by Crippen LogP contribution is -2.32. The fourth-order valence-corrected chi connectivity index (χ4v) is 7.80. The van der Waals surface area contributed by atoms with Gasteiger partial charge in [-0.1, -0.05) is 97.1 Å². The molecule has 6 nitrogen and oxygen atoms in total. The maximum Gasteiger partial charge on any atom is 0.329 e. The van der Waals surface area contributed by atoms with Crippen LogP contribution in [0.4, 0.5) is 0 Å². The average Bonchev–Trinajstić information content (AvgIpc) is 3.64. The Balaban J connectivity index is 0.954. The van der Waals surface area contributed by atoms with Crippen molar-refractivity contribution in [1.82, 2.24) is 0 Å². The molecular weight excluding hydrogens is 672 g/mol. The molecule has 0 aliphatic heterocycles. The number of aldehydes is 1. The molecule has 3 aromatic heterocycles. The van der Waals surface area contributed by atoms with Crippen LogP contribution < -0.4 is 9.13 Å². The number of rotatable bonds is 12. The van der Waals surface area contributed by atoms with Crippen LogP contribution in [-0.4, -0.2) is 16.1 Å². The van der Waals surface area contributed by atoms with Gasteiger partial charge in [0.25, 0.3) is 0 Å². The molecule has 8 heteroatoms. The molecule has 252 valence electrons. The van der Waals surface area contributed by atoms with E-state index in [0.717, 1.165) is 35.1 Å². The third-order valence-electron chi connectivity index (χ3n) is 8.88. The number of pyridine rings is 2. The number of thiophene rings is 1. The molecule has 7 aromatic rings. The highest BCUT2D eigenvalue weighted by Gasteiger charge is 2.14. The highest BCUT2D eigenvalue weighted by Crippen LogP contribution is 2.39. The molecule has 0 fully saturated rings. The van der Waals surface area contributed by atoms with Crippen LogP contribution in [0, 0.1) is 0 Å². The molecule has 0 radical (unpaired) electrons. The lowest BCUT2D eigenvalue weighted by Gasteiger charge is -2.05. The molecule has 0 unspecified atom stereocenters. The zero-order valence-electron chi connectivity index (χ0n) is 27.9. The molecule has 0 bridgehead atoms. The van der Waals surface area contributed by atoms with Gasteiger partial charge in [-0.25, -0.2) is 9.13 Å². The summed E-state index contributed by atoms with van der Waals surface area (Å²) in [5.74, 6) is 0. The maximum absolute atomic E-state index is 11.3. The molecule has 0 amide bonds. The summed E-state index contributed by atoms with van der Waals surface area (Å²) in [5.41, 5.74) is 11.0. The van der Waals surface area contributed by atoms with Crippen molar-refractivity contribution in [1.29, 1.82) is 0 Å². The van der Waals surface area contributed by atoms with Gasteiger partial charge in [-0.05, 0) is 56.6 Å². The van der Waals surface area contributed by atoms with Gasteiger partial charge in [0.05, 0.1) is 6.16 Å². The second kappa shape index (κ2) is 15.3. The predicted octanol–water partition coefficient (Wildman–Crippen LogP) is 8.51. The number of benzene rings is 4. The predicted molar refractivity (Wildman–Crippen MR) is 203 cm³/mol. The molecule has 3 heterocycles. The van der Waals surface area contributed by atoms with Crippen LogP contribution in [0.25, 0.3) is 43.1 Å². The van der Waals surface area contributed by atoms with E-state index in [1.54, 1.807) is 23.5 Å². The summed E-state index contributed by atoms with van der Waals surface area (Å²) in [4.78, 5) is 31.6. The van der Waals surface area contributed by atoms with Gasteiger partial charge < -0.3 is 14.6 Å². The van der Waals surface area contributed by atoms with E-state index in [4.69, 9.17) is 0 Å². The standard InChI is InChI=1S/C43H35N2O4PS/c46-28-23-32-1-3-33(4-2-32)29-44-24-19-38(20-25-44)36-9-13-40(14-10-36)42-17-18-43(51-42)41-15-11-37(12-16-41)39-21-26-45(27-22-39)30-34-5-7-35(8-6-34)31-50(47,48)49/h1-22,24-28H,23,29-31H2/p+2. The molecule has 0 atom stereocenters. The summed E-state index contributed by atoms with van der Waals surface area (Å²) < 4.78 is 15.5. The summed E-state index contributed by atoms with van der Waals surface area (Å²) in [5, 5.41) is 0. The molecule has 0 saturated heterocycles. The minimum absolute atomic E-state index is 0.240. The van der Waals surface area contributed by atoms with Crippen LogP contribution in [0.1, 0.15) is 22.3 Å². The Kier molecular flexibility index (Phi) is 10.2. The minimum Gasteiger partial charge on any atom is -0.324 e. The van der Waals surface area contributed by atoms with Crippen LogP contribution in [0.15, 0.2) is 158 Å². The fourth-order valence-electron chi connectivity index (χ4n) is 6.10. The van der Waals surface area contributed by atoms with E-state index in [2.05, 4.69) is 131 Å². The van der Waals surface area contributed by atoms with Crippen LogP contribution in [0.3, 0.4) is 0 Å². The lowest BCUT2D eigenvalue weighted by molar-refractivity contribution is -0.688. The fraction of sp³-hybridized carbons (Fsp3) is 0.0930. The topological polar surface area (TPSA) is 82.4 Å². The summed E-state index contributed by atoms with van der Waals surface area (Å²) in [6, 6.07) is 45.9. The summed E-state index contributed by atoms with van der Waals surface area (Å²) in [6.07, 6.45) is 9.47. The van der Waals surface area contributed by atoms with Gasteiger partial charge in [0, 0.05) is 51.6 Å². The Morgan fingerprint density at radius 1 is 0.471 bits per heavy atom. The monoisotopic (exact) mass is 708 g/mol. The van der Waals surface area contributed by atoms with Crippen LogP contribution in [-0.2, 0) is 35.0 Å². The highest BCUT2D eigenvalue weighted by atomic mass is 32.1. The van der Waals surface area contributed by atoms with Gasteiger partial charge >= 0.3 is 7.60 Å². The van der Waals surface area contributed by atoms with Crippen LogP contribution >= 0.6 is 18.9 Å². The van der Waals surface area contributed by atoms with Gasteiger partial charge in [0.15, 0.2) is 37.9 Å². The van der Waals surface area contributed by atoms with Gasteiger partial charge in [0.2, 0.25) is 0 Å². The van der Waals surface area contributed by atoms with Crippen molar-refractivity contribution in [3.8, 4) is 43.1 Å². The average molecular weight is 709 g/mol. The molecule has 51 heavy (non-hydrogen) atoms. The van der Waals surface area contributed by atoms with Crippen molar-refractivity contribution in [3.63, 3.8) is 0 Å². The Morgan fingerprint density at radius 3 is 1.22 bits per heavy atom. The zero-order chi connectivity index (χ0) is 35.2. The summed E-state index contributed by atoms with van der Waals surface area (Å²) >= 11 is 1.79. The second-order valence-electron chi connectivity index (χ2n) is 12.7. The first-order chi connectivity index (χ1) is 24.8. The van der Waals surface area contributed by atoms with Crippen molar-refractivity contribution in [3.05, 3.63) is 181 Å². The van der Waals surface area contributed by atoms with Gasteiger partial charge in [-0.3, -0.25) is 4.57 Å². The number of hydrogen-bond acceptors (Lipinski definition) is 3. The Bertz CT molecular complexity index is 2280. The van der Waals surface area contributed by atoms with Crippen LogP contribution in [0.5, 0.6) is 0 Å². The maximum atomic E-state index is 11.3. The van der Waals surface area contributed by atoms with Crippen LogP contribution in [0.2, 0.25) is 0 Å². The molecule has 4 aromatic carbocycles. The third kappa shape index (κ3) is 8.90. The van der Waals surface area contributed by atoms with Crippen molar-refractivity contribution in [2.75, 3.05) is 0 Å². The lowest BCUT2D eigenvalue weighted by atomic mass is 10.0. The van der Waals surface area contributed by atoms with E-state index >= 15 is 0 Å². The highest BCUT2D eigenvalue weighted by molar-refractivity contribution is 7.50. The quantitative estimate of drug-likeness (QED) is 0.0758. The first kappa shape index (κ1) is 34.2. The molecule has 0 spiro atoms. The largest absolute Gasteiger partial charge is 0.329 e. The van der Waals surface area contributed by atoms with Crippen molar-refractivity contribution in [2.45, 2.75) is 25.7 Å². The van der Waals surface area contributed by atoms with Gasteiger partial charge in [-0.2, -0.15) is 0 Å². The van der Waals surface area contributed by atoms with E-state index in [1.807, 2.05) is 24.3 Å². The molecule has 7 rings (SSSR count). The molecular formula is C43H37N2O4PS+2. The minimum atomic E-state index is -4.07. The first-order valence-corrected chi connectivity index (χ1v) is 19.3. The molecule has 0 saturated carbocycles. The smallest absolute Gasteiger partial charge is 0.324 e. The summed E-state index contributed by atoms with van der Waals surface area (Å²) in [7, 11) is -4.07. The van der Waals surface area contributed by atoms with Crippen molar-refractivity contribution >= 4 is 25.2 Å². The van der Waals surface area contributed by atoms with Gasteiger partial charge in [0.1, 0.15) is 6.29 Å². The SMILES string of the molecule is O=CCc1ccc(C[n+]2ccc(-c3ccc(-c4ccc(-c5ccc(-c6cc[n+](Cc7ccc(CP(=O)(O)O)cc7)cc6)cc5)s4)cc3)cc2)cc1. The molecule has 0 aliphatic carbocycles. The van der Waals surface area contributed by atoms with E-state index in [-0.39, 0.29) is 6.16 Å². The normalized spacial score (nSPS) is 11.4. The second-order valence-corrected chi connectivity index (χ2v) is 15.4. The number of aromatic nitrogens is 2. The van der Waals surface area contributed by atoms with Crippen molar-refractivity contribution < 1.29 is 28.3 Å². The first-order valence-electron chi connectivity index (χ1n) is 16.7. The Labute approximate surface area is 301 Å². The molecule has 0 aliphatic rings. The van der Waals surface area contributed by atoms with Gasteiger partial charge in [-0.15, -0.1) is 11.3 Å². The van der Waals surface area contributed by atoms with Crippen molar-refractivity contribution in [2.24, 2.45) is 0 Å². The number of carbonyl (C=O) groups excluding carboxylic acids is 1.